The predicted molar refractivity (Wildman–Crippen MR) is 47.8 cm³/mol. The minimum Gasteiger partial charge on any atom is -1.00 e. The SMILES string of the molecule is [CH2-]c1ccc(OCC)cc1.[Cl-].[Mg+2]. The molecule has 12 heavy (non-hydrogen) atoms. The summed E-state index contributed by atoms with van der Waals surface area (Å²) in [6, 6.07) is 7.72. The number of rotatable bonds is 2. The maximum absolute atomic E-state index is 5.23. The molecule has 0 saturated carbocycles. The van der Waals surface area contributed by atoms with Crippen LogP contribution in [0.3, 0.4) is 0 Å². The van der Waals surface area contributed by atoms with Gasteiger partial charge in [-0.25, -0.2) is 0 Å². The van der Waals surface area contributed by atoms with Gasteiger partial charge in [0.15, 0.2) is 0 Å². The van der Waals surface area contributed by atoms with Crippen molar-refractivity contribution in [2.45, 2.75) is 6.92 Å². The van der Waals surface area contributed by atoms with Gasteiger partial charge in [-0.05, 0) is 6.92 Å². The molecule has 0 N–H and O–H groups in total. The summed E-state index contributed by atoms with van der Waals surface area (Å²) in [4.78, 5) is 0. The summed E-state index contributed by atoms with van der Waals surface area (Å²) < 4.78 is 5.23. The van der Waals surface area contributed by atoms with Crippen molar-refractivity contribution in [3.63, 3.8) is 0 Å². The van der Waals surface area contributed by atoms with Crippen molar-refractivity contribution in [3.05, 3.63) is 36.8 Å². The molecule has 0 aliphatic heterocycles. The van der Waals surface area contributed by atoms with Crippen molar-refractivity contribution in [2.75, 3.05) is 6.61 Å². The average molecular weight is 195 g/mol. The van der Waals surface area contributed by atoms with E-state index in [0.29, 0.717) is 0 Å². The van der Waals surface area contributed by atoms with Gasteiger partial charge in [-0.3, -0.25) is 0 Å². The maximum Gasteiger partial charge on any atom is 2.00 e. The van der Waals surface area contributed by atoms with E-state index < -0.39 is 0 Å². The van der Waals surface area contributed by atoms with Crippen molar-refractivity contribution in [3.8, 4) is 5.75 Å². The summed E-state index contributed by atoms with van der Waals surface area (Å²) in [7, 11) is 0. The number of hydrogen-bond acceptors (Lipinski definition) is 1. The molecule has 0 unspecified atom stereocenters. The summed E-state index contributed by atoms with van der Waals surface area (Å²) in [5.41, 5.74) is 1.02. The molecular weight excluding hydrogens is 184 g/mol. The Morgan fingerprint density at radius 2 is 1.75 bits per heavy atom. The summed E-state index contributed by atoms with van der Waals surface area (Å²) >= 11 is 0. The van der Waals surface area contributed by atoms with Gasteiger partial charge in [0.25, 0.3) is 0 Å². The Kier molecular flexibility index (Phi) is 9.15. The molecular formula is C9H11ClMgO. The van der Waals surface area contributed by atoms with E-state index in [0.717, 1.165) is 17.9 Å². The monoisotopic (exact) mass is 194 g/mol. The topological polar surface area (TPSA) is 9.23 Å². The molecule has 0 radical (unpaired) electrons. The Bertz CT molecular complexity index is 198. The third-order valence-electron chi connectivity index (χ3n) is 1.23. The second-order valence-electron chi connectivity index (χ2n) is 2.08. The molecule has 0 aliphatic carbocycles. The molecule has 3 heteroatoms. The average Bonchev–Trinajstić information content (AvgIpc) is 1.95. The van der Waals surface area contributed by atoms with Crippen LogP contribution in [0.4, 0.5) is 0 Å². The molecule has 0 aliphatic rings. The molecule has 1 nitrogen and oxygen atoms in total. The molecule has 0 spiro atoms. The summed E-state index contributed by atoms with van der Waals surface area (Å²) in [5, 5.41) is 0. The van der Waals surface area contributed by atoms with Gasteiger partial charge in [0.05, 0.1) is 12.4 Å². The zero-order chi connectivity index (χ0) is 7.40. The van der Waals surface area contributed by atoms with Gasteiger partial charge in [0, 0.05) is 0 Å². The van der Waals surface area contributed by atoms with Crippen LogP contribution in [0.5, 0.6) is 5.75 Å². The predicted octanol–water partition coefficient (Wildman–Crippen LogP) is -1.11. The van der Waals surface area contributed by atoms with Crippen LogP contribution in [-0.2, 0) is 0 Å². The van der Waals surface area contributed by atoms with Crippen LogP contribution in [0.2, 0.25) is 0 Å². The molecule has 0 aromatic heterocycles. The van der Waals surface area contributed by atoms with E-state index in [1.54, 1.807) is 0 Å². The number of benzene rings is 1. The molecule has 1 aromatic carbocycles. The van der Waals surface area contributed by atoms with Crippen LogP contribution in [0.25, 0.3) is 0 Å². The van der Waals surface area contributed by atoms with Crippen LogP contribution in [0, 0.1) is 6.92 Å². The second-order valence-corrected chi connectivity index (χ2v) is 2.08. The minimum atomic E-state index is 0. The Morgan fingerprint density at radius 1 is 1.25 bits per heavy atom. The van der Waals surface area contributed by atoms with E-state index in [1.807, 2.05) is 31.2 Å². The van der Waals surface area contributed by atoms with Crippen molar-refractivity contribution >= 4 is 23.1 Å². The van der Waals surface area contributed by atoms with Crippen LogP contribution in [0.1, 0.15) is 12.5 Å². The normalized spacial score (nSPS) is 7.75. The van der Waals surface area contributed by atoms with Crippen LogP contribution in [-0.4, -0.2) is 29.7 Å². The van der Waals surface area contributed by atoms with E-state index in [1.165, 1.54) is 0 Å². The third-order valence-corrected chi connectivity index (χ3v) is 1.23. The quantitative estimate of drug-likeness (QED) is 0.429. The molecule has 0 fully saturated rings. The number of halogens is 1. The maximum atomic E-state index is 5.23. The molecule has 62 valence electrons. The molecule has 1 rings (SSSR count). The summed E-state index contributed by atoms with van der Waals surface area (Å²) in [6.07, 6.45) is 0. The second kappa shape index (κ2) is 7.59. The first-order chi connectivity index (χ1) is 4.83. The molecule has 0 bridgehead atoms. The first-order valence-electron chi connectivity index (χ1n) is 3.37. The fraction of sp³-hybridized carbons (Fsp3) is 0.222. The standard InChI is InChI=1S/C9H11O.ClH.Mg/c1-3-10-9-6-4-8(2)5-7-9;;/h4-7H,2-3H2,1H3;1H;/q-1;;+2/p-1. The van der Waals surface area contributed by atoms with Gasteiger partial charge >= 0.3 is 23.1 Å². The molecule has 0 heterocycles. The zero-order valence-corrected chi connectivity index (χ0v) is 9.39. The van der Waals surface area contributed by atoms with Crippen LogP contribution in [0.15, 0.2) is 24.3 Å². The third kappa shape index (κ3) is 4.75. The van der Waals surface area contributed by atoms with E-state index in [2.05, 4.69) is 6.92 Å². The zero-order valence-electron chi connectivity index (χ0n) is 7.22. The van der Waals surface area contributed by atoms with Gasteiger partial charge in [-0.2, -0.15) is 24.6 Å². The summed E-state index contributed by atoms with van der Waals surface area (Å²) in [6.45, 7) is 6.46. The first-order valence-corrected chi connectivity index (χ1v) is 3.37. The number of hydrogen-bond donors (Lipinski definition) is 0. The van der Waals surface area contributed by atoms with E-state index in [4.69, 9.17) is 4.74 Å². The first kappa shape index (κ1) is 14.5. The van der Waals surface area contributed by atoms with Crippen molar-refractivity contribution in [1.29, 1.82) is 0 Å². The van der Waals surface area contributed by atoms with Gasteiger partial charge in [-0.15, -0.1) is 0 Å². The molecule has 0 amide bonds. The Labute approximate surface area is 96.1 Å². The minimum absolute atomic E-state index is 0. The largest absolute Gasteiger partial charge is 2.00 e. The van der Waals surface area contributed by atoms with Crippen molar-refractivity contribution in [2.24, 2.45) is 0 Å². The Balaban J connectivity index is 0. The van der Waals surface area contributed by atoms with E-state index in [-0.39, 0.29) is 35.5 Å². The van der Waals surface area contributed by atoms with Crippen LogP contribution >= 0.6 is 0 Å². The van der Waals surface area contributed by atoms with Gasteiger partial charge in [0.1, 0.15) is 0 Å². The Hall–Kier alpha value is -0.0538. The van der Waals surface area contributed by atoms with E-state index in [9.17, 15) is 0 Å². The Morgan fingerprint density at radius 3 is 2.17 bits per heavy atom. The smallest absolute Gasteiger partial charge is 1.00 e. The molecule has 1 aromatic rings. The summed E-state index contributed by atoms with van der Waals surface area (Å²) in [5.74, 6) is 0.912. The fourth-order valence-corrected chi connectivity index (χ4v) is 0.752. The van der Waals surface area contributed by atoms with E-state index >= 15 is 0 Å². The number of ether oxygens (including phenoxy) is 1. The molecule has 0 atom stereocenters. The fourth-order valence-electron chi connectivity index (χ4n) is 0.752. The van der Waals surface area contributed by atoms with Gasteiger partial charge in [-0.1, -0.05) is 12.1 Å². The van der Waals surface area contributed by atoms with Gasteiger partial charge < -0.3 is 17.1 Å². The van der Waals surface area contributed by atoms with Gasteiger partial charge in [0.2, 0.25) is 0 Å². The van der Waals surface area contributed by atoms with Crippen LogP contribution < -0.4 is 17.1 Å². The van der Waals surface area contributed by atoms with Crippen molar-refractivity contribution in [1.82, 2.24) is 0 Å². The van der Waals surface area contributed by atoms with Crippen molar-refractivity contribution < 1.29 is 17.1 Å². The molecule has 0 saturated heterocycles.